The van der Waals surface area contributed by atoms with Crippen molar-refractivity contribution in [1.82, 2.24) is 0 Å². The second-order valence-electron chi connectivity index (χ2n) is 4.60. The monoisotopic (exact) mass is 335 g/mol. The first kappa shape index (κ1) is 14.7. The number of amides is 1. The van der Waals surface area contributed by atoms with Crippen molar-refractivity contribution in [2.75, 3.05) is 5.32 Å². The fourth-order valence-electron chi connectivity index (χ4n) is 1.90. The molecule has 2 rings (SSSR count). The van der Waals surface area contributed by atoms with Gasteiger partial charge in [0.05, 0.1) is 0 Å². The van der Waals surface area contributed by atoms with Gasteiger partial charge in [-0.25, -0.2) is 4.39 Å². The van der Waals surface area contributed by atoms with E-state index in [1.54, 1.807) is 18.2 Å². The molecule has 2 aromatic carbocycles. The molecule has 1 amide bonds. The quantitative estimate of drug-likeness (QED) is 0.877. The van der Waals surface area contributed by atoms with Gasteiger partial charge in [-0.1, -0.05) is 34.1 Å². The molecule has 104 valence electrons. The first-order valence-corrected chi connectivity index (χ1v) is 7.15. The van der Waals surface area contributed by atoms with E-state index >= 15 is 0 Å². The van der Waals surface area contributed by atoms with Gasteiger partial charge in [-0.2, -0.15) is 0 Å². The number of hydrogen-bond donors (Lipinski definition) is 1. The van der Waals surface area contributed by atoms with Gasteiger partial charge in [-0.15, -0.1) is 0 Å². The molecule has 20 heavy (non-hydrogen) atoms. The summed E-state index contributed by atoms with van der Waals surface area (Å²) in [5, 5.41) is 2.82. The van der Waals surface area contributed by atoms with Crippen LogP contribution in [0.15, 0.2) is 46.9 Å². The predicted molar refractivity (Wildman–Crippen MR) is 82.2 cm³/mol. The van der Waals surface area contributed by atoms with Crippen LogP contribution < -0.4 is 5.32 Å². The number of nitrogens with one attached hydrogen (secondary N) is 1. The summed E-state index contributed by atoms with van der Waals surface area (Å²) in [6, 6.07) is 12.1. The molecule has 2 nitrogen and oxygen atoms in total. The average molecular weight is 336 g/mol. The van der Waals surface area contributed by atoms with Crippen molar-refractivity contribution in [3.8, 4) is 0 Å². The summed E-state index contributed by atoms with van der Waals surface area (Å²) in [5.41, 5.74) is 2.37. The Balaban J connectivity index is 1.93. The lowest BCUT2D eigenvalue weighted by molar-refractivity contribution is -0.116. The molecule has 0 bridgehead atoms. The molecule has 0 unspecified atom stereocenters. The molecule has 2 aromatic rings. The Kier molecular flexibility index (Phi) is 4.90. The minimum Gasteiger partial charge on any atom is -0.326 e. The lowest BCUT2D eigenvalue weighted by Crippen LogP contribution is -2.12. The van der Waals surface area contributed by atoms with Crippen LogP contribution in [0.5, 0.6) is 0 Å². The maximum absolute atomic E-state index is 13.4. The van der Waals surface area contributed by atoms with Crippen molar-refractivity contribution in [3.05, 3.63) is 63.9 Å². The van der Waals surface area contributed by atoms with Crippen LogP contribution in [0.4, 0.5) is 10.1 Å². The molecule has 0 aliphatic rings. The minimum absolute atomic E-state index is 0.116. The number of benzene rings is 2. The van der Waals surface area contributed by atoms with E-state index in [2.05, 4.69) is 21.2 Å². The summed E-state index contributed by atoms with van der Waals surface area (Å²) in [6.45, 7) is 1.96. The maximum Gasteiger partial charge on any atom is 0.224 e. The first-order valence-electron chi connectivity index (χ1n) is 6.35. The fraction of sp³-hybridized carbons (Fsp3) is 0.188. The van der Waals surface area contributed by atoms with Gasteiger partial charge in [0.2, 0.25) is 5.91 Å². The zero-order valence-electron chi connectivity index (χ0n) is 11.1. The Morgan fingerprint density at radius 1 is 1.25 bits per heavy atom. The summed E-state index contributed by atoms with van der Waals surface area (Å²) in [7, 11) is 0. The van der Waals surface area contributed by atoms with Crippen LogP contribution in [0.25, 0.3) is 0 Å². The topological polar surface area (TPSA) is 29.1 Å². The molecule has 0 saturated heterocycles. The van der Waals surface area contributed by atoms with Crippen LogP contribution >= 0.6 is 15.9 Å². The summed E-state index contributed by atoms with van der Waals surface area (Å²) < 4.78 is 14.4. The lowest BCUT2D eigenvalue weighted by atomic mass is 10.1. The Morgan fingerprint density at radius 2 is 2.00 bits per heavy atom. The molecule has 0 aliphatic carbocycles. The van der Waals surface area contributed by atoms with Crippen LogP contribution in [0.1, 0.15) is 17.5 Å². The van der Waals surface area contributed by atoms with Crippen molar-refractivity contribution in [2.45, 2.75) is 19.8 Å². The molecule has 0 aromatic heterocycles. The van der Waals surface area contributed by atoms with Crippen molar-refractivity contribution in [1.29, 1.82) is 0 Å². The number of rotatable bonds is 4. The standard InChI is InChI=1S/C16H15BrFNO/c1-11-10-13(7-8-14(11)17)19-16(20)9-6-12-4-2-3-5-15(12)18/h2-5,7-8,10H,6,9H2,1H3,(H,19,20). The van der Waals surface area contributed by atoms with Crippen LogP contribution in [0, 0.1) is 12.7 Å². The Bertz CT molecular complexity index is 628. The molecule has 0 heterocycles. The zero-order valence-corrected chi connectivity index (χ0v) is 12.7. The number of carbonyl (C=O) groups is 1. The summed E-state index contributed by atoms with van der Waals surface area (Å²) in [5.74, 6) is -0.380. The molecule has 0 radical (unpaired) electrons. The van der Waals surface area contributed by atoms with E-state index in [-0.39, 0.29) is 18.1 Å². The van der Waals surface area contributed by atoms with Gasteiger partial charge < -0.3 is 5.32 Å². The SMILES string of the molecule is Cc1cc(NC(=O)CCc2ccccc2F)ccc1Br. The second kappa shape index (κ2) is 6.66. The van der Waals surface area contributed by atoms with Crippen LogP contribution in [-0.4, -0.2) is 5.91 Å². The van der Waals surface area contributed by atoms with Crippen LogP contribution in [-0.2, 0) is 11.2 Å². The van der Waals surface area contributed by atoms with Crippen molar-refractivity contribution >= 4 is 27.5 Å². The Labute approximate surface area is 126 Å². The molecule has 0 saturated carbocycles. The van der Waals surface area contributed by atoms with Gasteiger partial charge in [0, 0.05) is 16.6 Å². The number of carbonyl (C=O) groups excluding carboxylic acids is 1. The smallest absolute Gasteiger partial charge is 0.224 e. The number of hydrogen-bond acceptors (Lipinski definition) is 1. The normalized spacial score (nSPS) is 10.3. The lowest BCUT2D eigenvalue weighted by Gasteiger charge is -2.07. The van der Waals surface area contributed by atoms with Gasteiger partial charge in [0.25, 0.3) is 0 Å². The first-order chi connectivity index (χ1) is 9.56. The molecule has 0 spiro atoms. The highest BCUT2D eigenvalue weighted by molar-refractivity contribution is 9.10. The third kappa shape index (κ3) is 3.90. The second-order valence-corrected chi connectivity index (χ2v) is 5.46. The largest absolute Gasteiger partial charge is 0.326 e. The molecular weight excluding hydrogens is 321 g/mol. The third-order valence-electron chi connectivity index (χ3n) is 3.02. The van der Waals surface area contributed by atoms with Crippen LogP contribution in [0.2, 0.25) is 0 Å². The Morgan fingerprint density at radius 3 is 2.70 bits per heavy atom. The maximum atomic E-state index is 13.4. The number of aryl methyl sites for hydroxylation is 2. The van der Waals surface area contributed by atoms with Gasteiger partial charge in [0.1, 0.15) is 5.82 Å². The van der Waals surface area contributed by atoms with E-state index in [0.29, 0.717) is 12.0 Å². The minimum atomic E-state index is -0.264. The van der Waals surface area contributed by atoms with Crippen molar-refractivity contribution < 1.29 is 9.18 Å². The van der Waals surface area contributed by atoms with E-state index < -0.39 is 0 Å². The summed E-state index contributed by atoms with van der Waals surface area (Å²) in [6.07, 6.45) is 0.657. The van der Waals surface area contributed by atoms with E-state index in [9.17, 15) is 9.18 Å². The highest BCUT2D eigenvalue weighted by Crippen LogP contribution is 2.20. The molecular formula is C16H15BrFNO. The van der Waals surface area contributed by atoms with Crippen LogP contribution in [0.3, 0.4) is 0 Å². The van der Waals surface area contributed by atoms with E-state index in [1.165, 1.54) is 6.07 Å². The molecule has 1 N–H and O–H groups in total. The number of halogens is 2. The summed E-state index contributed by atoms with van der Waals surface area (Å²) >= 11 is 3.41. The van der Waals surface area contributed by atoms with Crippen molar-refractivity contribution in [3.63, 3.8) is 0 Å². The van der Waals surface area contributed by atoms with Crippen molar-refractivity contribution in [2.24, 2.45) is 0 Å². The molecule has 0 atom stereocenters. The highest BCUT2D eigenvalue weighted by atomic mass is 79.9. The van der Waals surface area contributed by atoms with Gasteiger partial charge in [0.15, 0.2) is 0 Å². The third-order valence-corrected chi connectivity index (χ3v) is 3.91. The number of anilines is 1. The molecule has 0 fully saturated rings. The van der Waals surface area contributed by atoms with E-state index in [0.717, 1.165) is 15.7 Å². The van der Waals surface area contributed by atoms with Gasteiger partial charge in [-0.05, 0) is 48.7 Å². The van der Waals surface area contributed by atoms with E-state index in [1.807, 2.05) is 25.1 Å². The highest BCUT2D eigenvalue weighted by Gasteiger charge is 2.06. The average Bonchev–Trinajstić information content (AvgIpc) is 2.42. The molecule has 4 heteroatoms. The summed E-state index contributed by atoms with van der Waals surface area (Å²) in [4.78, 5) is 11.8. The zero-order chi connectivity index (χ0) is 14.5. The van der Waals surface area contributed by atoms with Gasteiger partial charge >= 0.3 is 0 Å². The van der Waals surface area contributed by atoms with E-state index in [4.69, 9.17) is 0 Å². The molecule has 0 aliphatic heterocycles. The predicted octanol–water partition coefficient (Wildman–Crippen LogP) is 4.47. The fourth-order valence-corrected chi connectivity index (χ4v) is 2.14. The van der Waals surface area contributed by atoms with Gasteiger partial charge in [-0.3, -0.25) is 4.79 Å². The Hall–Kier alpha value is -1.68.